The molecule has 0 aromatic rings. The zero-order valence-electron chi connectivity index (χ0n) is 8.90. The van der Waals surface area contributed by atoms with Crippen LogP contribution in [0, 0.1) is 0 Å². The van der Waals surface area contributed by atoms with Crippen LogP contribution in [0.5, 0.6) is 0 Å². The van der Waals surface area contributed by atoms with Gasteiger partial charge in [0.2, 0.25) is 5.78 Å². The molecule has 1 heterocycles. The van der Waals surface area contributed by atoms with E-state index in [1.54, 1.807) is 0 Å². The van der Waals surface area contributed by atoms with Crippen LogP contribution >= 0.6 is 0 Å². The number of rotatable bonds is 3. The molecule has 0 spiro atoms. The Bertz CT molecular complexity index is 394. The summed E-state index contributed by atoms with van der Waals surface area (Å²) >= 11 is 0. The summed E-state index contributed by atoms with van der Waals surface area (Å²) in [4.78, 5) is 33.8. The Morgan fingerprint density at radius 2 is 2.00 bits per heavy atom. The third-order valence-electron chi connectivity index (χ3n) is 1.99. The lowest BCUT2D eigenvalue weighted by Gasteiger charge is -2.07. The van der Waals surface area contributed by atoms with E-state index in [1.807, 2.05) is 0 Å². The van der Waals surface area contributed by atoms with Gasteiger partial charge in [-0.25, -0.2) is 4.79 Å². The van der Waals surface area contributed by atoms with Crippen LogP contribution in [0.1, 0.15) is 6.42 Å². The molecule has 0 saturated carbocycles. The standard InChI is InChI=1S/C10H11NO5/c1-15-8(13)5-6(10(14)16-2)9-7(12)3-4-11-9/h3-4,11H,5H2,1-2H3/b9-6-. The van der Waals surface area contributed by atoms with Crippen LogP contribution in [0.15, 0.2) is 23.5 Å². The van der Waals surface area contributed by atoms with Crippen molar-refractivity contribution < 1.29 is 23.9 Å². The molecule has 1 aliphatic rings. The summed E-state index contributed by atoms with van der Waals surface area (Å²) in [6, 6.07) is 0. The lowest BCUT2D eigenvalue weighted by atomic mass is 10.1. The van der Waals surface area contributed by atoms with E-state index in [0.29, 0.717) is 0 Å². The molecule has 86 valence electrons. The molecule has 6 heteroatoms. The van der Waals surface area contributed by atoms with Gasteiger partial charge in [0.15, 0.2) is 0 Å². The molecule has 0 radical (unpaired) electrons. The number of allylic oxidation sites excluding steroid dienone is 1. The van der Waals surface area contributed by atoms with Gasteiger partial charge < -0.3 is 14.8 Å². The van der Waals surface area contributed by atoms with Crippen molar-refractivity contribution in [3.63, 3.8) is 0 Å². The molecule has 0 unspecified atom stereocenters. The summed E-state index contributed by atoms with van der Waals surface area (Å²) in [5.41, 5.74) is 0.0154. The average molecular weight is 225 g/mol. The summed E-state index contributed by atoms with van der Waals surface area (Å²) in [5, 5.41) is 2.59. The molecular formula is C10H11NO5. The third kappa shape index (κ3) is 2.47. The van der Waals surface area contributed by atoms with Gasteiger partial charge in [-0.2, -0.15) is 0 Å². The van der Waals surface area contributed by atoms with E-state index < -0.39 is 11.9 Å². The fourth-order valence-electron chi connectivity index (χ4n) is 1.19. The maximum atomic E-state index is 11.4. The SMILES string of the molecule is COC(=O)C/C(C(=O)OC)=C1/NC=CC1=O. The lowest BCUT2D eigenvalue weighted by molar-refractivity contribution is -0.143. The van der Waals surface area contributed by atoms with Gasteiger partial charge in [-0.3, -0.25) is 9.59 Å². The maximum absolute atomic E-state index is 11.4. The predicted octanol–water partition coefficient (Wildman–Crippen LogP) is -0.337. The molecule has 0 aliphatic carbocycles. The van der Waals surface area contributed by atoms with Crippen molar-refractivity contribution in [1.82, 2.24) is 5.32 Å². The number of carbonyl (C=O) groups excluding carboxylic acids is 3. The molecule has 0 amide bonds. The first kappa shape index (κ1) is 12.0. The molecule has 6 nitrogen and oxygen atoms in total. The molecule has 1 aliphatic heterocycles. The van der Waals surface area contributed by atoms with Crippen LogP contribution in [0.2, 0.25) is 0 Å². The van der Waals surface area contributed by atoms with Crippen molar-refractivity contribution in [2.75, 3.05) is 14.2 Å². The lowest BCUT2D eigenvalue weighted by Crippen LogP contribution is -2.19. The van der Waals surface area contributed by atoms with Gasteiger partial charge in [-0.15, -0.1) is 0 Å². The number of nitrogens with one attached hydrogen (secondary N) is 1. The highest BCUT2D eigenvalue weighted by Gasteiger charge is 2.24. The quantitative estimate of drug-likeness (QED) is 0.523. The van der Waals surface area contributed by atoms with Gasteiger partial charge in [-0.1, -0.05) is 0 Å². The zero-order chi connectivity index (χ0) is 12.1. The second-order valence-corrected chi connectivity index (χ2v) is 2.94. The first-order valence-corrected chi connectivity index (χ1v) is 4.45. The van der Waals surface area contributed by atoms with Crippen LogP contribution in [-0.2, 0) is 23.9 Å². The van der Waals surface area contributed by atoms with Crippen molar-refractivity contribution in [2.45, 2.75) is 6.42 Å². The molecule has 0 atom stereocenters. The van der Waals surface area contributed by atoms with Crippen molar-refractivity contribution in [3.8, 4) is 0 Å². The number of methoxy groups -OCH3 is 2. The van der Waals surface area contributed by atoms with Gasteiger partial charge in [0.1, 0.15) is 0 Å². The normalized spacial score (nSPS) is 16.8. The highest BCUT2D eigenvalue weighted by Crippen LogP contribution is 2.14. The van der Waals surface area contributed by atoms with Crippen molar-refractivity contribution >= 4 is 17.7 Å². The number of hydrogen-bond acceptors (Lipinski definition) is 6. The smallest absolute Gasteiger partial charge is 0.336 e. The number of ether oxygens (including phenoxy) is 2. The van der Waals surface area contributed by atoms with Crippen molar-refractivity contribution in [1.29, 1.82) is 0 Å². The molecular weight excluding hydrogens is 214 g/mol. The topological polar surface area (TPSA) is 81.7 Å². The van der Waals surface area contributed by atoms with E-state index in [0.717, 1.165) is 0 Å². The largest absolute Gasteiger partial charge is 0.469 e. The van der Waals surface area contributed by atoms with Gasteiger partial charge in [0, 0.05) is 12.3 Å². The Balaban J connectivity index is 3.00. The van der Waals surface area contributed by atoms with Crippen molar-refractivity contribution in [2.24, 2.45) is 0 Å². The summed E-state index contributed by atoms with van der Waals surface area (Å²) < 4.78 is 8.92. The van der Waals surface area contributed by atoms with Crippen LogP contribution < -0.4 is 5.32 Å². The number of carbonyl (C=O) groups is 3. The highest BCUT2D eigenvalue weighted by molar-refractivity contribution is 6.11. The Morgan fingerprint density at radius 3 is 2.44 bits per heavy atom. The molecule has 1 rings (SSSR count). The van der Waals surface area contributed by atoms with E-state index in [9.17, 15) is 14.4 Å². The number of esters is 2. The van der Waals surface area contributed by atoms with Crippen LogP contribution in [0.25, 0.3) is 0 Å². The number of ketones is 1. The van der Waals surface area contributed by atoms with E-state index in [-0.39, 0.29) is 23.5 Å². The summed E-state index contributed by atoms with van der Waals surface area (Å²) in [6.45, 7) is 0. The van der Waals surface area contributed by atoms with Crippen LogP contribution in [-0.4, -0.2) is 31.9 Å². The first-order chi connectivity index (χ1) is 7.60. The van der Waals surface area contributed by atoms with E-state index >= 15 is 0 Å². The maximum Gasteiger partial charge on any atom is 0.336 e. The third-order valence-corrected chi connectivity index (χ3v) is 1.99. The van der Waals surface area contributed by atoms with E-state index in [1.165, 1.54) is 26.5 Å². The van der Waals surface area contributed by atoms with Crippen molar-refractivity contribution in [3.05, 3.63) is 23.5 Å². The zero-order valence-corrected chi connectivity index (χ0v) is 8.90. The Kier molecular flexibility index (Phi) is 3.82. The highest BCUT2D eigenvalue weighted by atomic mass is 16.5. The molecule has 0 saturated heterocycles. The minimum atomic E-state index is -0.732. The predicted molar refractivity (Wildman–Crippen MR) is 53.0 cm³/mol. The first-order valence-electron chi connectivity index (χ1n) is 4.45. The Labute approximate surface area is 91.9 Å². The second-order valence-electron chi connectivity index (χ2n) is 2.94. The fourth-order valence-corrected chi connectivity index (χ4v) is 1.19. The molecule has 0 aromatic heterocycles. The minimum Gasteiger partial charge on any atom is -0.469 e. The molecule has 0 aromatic carbocycles. The molecule has 1 N–H and O–H groups in total. The average Bonchev–Trinajstić information content (AvgIpc) is 2.70. The molecule has 0 bridgehead atoms. The molecule has 0 fully saturated rings. The monoisotopic (exact) mass is 225 g/mol. The van der Waals surface area contributed by atoms with Gasteiger partial charge >= 0.3 is 11.9 Å². The molecule has 16 heavy (non-hydrogen) atoms. The van der Waals surface area contributed by atoms with Gasteiger partial charge in [0.05, 0.1) is 31.9 Å². The van der Waals surface area contributed by atoms with Crippen LogP contribution in [0.3, 0.4) is 0 Å². The summed E-state index contributed by atoms with van der Waals surface area (Å²) in [6.07, 6.45) is 2.34. The van der Waals surface area contributed by atoms with Gasteiger partial charge in [-0.05, 0) is 0 Å². The number of hydrogen-bond donors (Lipinski definition) is 1. The van der Waals surface area contributed by atoms with Crippen LogP contribution in [0.4, 0.5) is 0 Å². The Morgan fingerprint density at radius 1 is 1.31 bits per heavy atom. The van der Waals surface area contributed by atoms with Gasteiger partial charge in [0.25, 0.3) is 0 Å². The Hall–Kier alpha value is -2.11. The van der Waals surface area contributed by atoms with E-state index in [4.69, 9.17) is 0 Å². The van der Waals surface area contributed by atoms with E-state index in [2.05, 4.69) is 14.8 Å². The summed E-state index contributed by atoms with van der Waals surface area (Å²) in [7, 11) is 2.37. The second kappa shape index (κ2) is 5.11. The fraction of sp³-hybridized carbons (Fsp3) is 0.300. The summed E-state index contributed by atoms with van der Waals surface area (Å²) in [5.74, 6) is -1.72. The minimum absolute atomic E-state index is 0.0376.